The molecule has 0 radical (unpaired) electrons. The van der Waals surface area contributed by atoms with Crippen LogP contribution in [0.3, 0.4) is 0 Å². The third kappa shape index (κ3) is 2.21. The zero-order valence-corrected chi connectivity index (χ0v) is 9.64. The Morgan fingerprint density at radius 2 is 2.47 bits per heavy atom. The minimum atomic E-state index is -0.565. The lowest BCUT2D eigenvalue weighted by molar-refractivity contribution is -0.124. The van der Waals surface area contributed by atoms with Crippen molar-refractivity contribution in [1.82, 2.24) is 5.32 Å². The molecular formula is C11H16N2OS. The van der Waals surface area contributed by atoms with Crippen molar-refractivity contribution < 1.29 is 4.79 Å². The largest absolute Gasteiger partial charge is 0.347 e. The predicted molar refractivity (Wildman–Crippen MR) is 61.6 cm³/mol. The van der Waals surface area contributed by atoms with Gasteiger partial charge in [-0.2, -0.15) is 0 Å². The first kappa shape index (κ1) is 10.6. The highest BCUT2D eigenvalue weighted by Crippen LogP contribution is 2.33. The van der Waals surface area contributed by atoms with Crippen molar-refractivity contribution >= 4 is 17.2 Å². The first-order chi connectivity index (χ1) is 7.15. The van der Waals surface area contributed by atoms with Gasteiger partial charge in [0.05, 0.1) is 11.6 Å². The molecule has 0 spiro atoms. The molecule has 0 aliphatic heterocycles. The molecule has 2 rings (SSSR count). The molecule has 1 aromatic heterocycles. The number of nitrogens with two attached hydrogens (primary N) is 1. The lowest BCUT2D eigenvalue weighted by Gasteiger charge is -2.18. The number of amides is 1. The summed E-state index contributed by atoms with van der Waals surface area (Å²) in [6.07, 6.45) is 2.54. The Morgan fingerprint density at radius 1 is 1.73 bits per heavy atom. The SMILES string of the molecule is CCC(NC(=O)C1(N)CC1)c1cccs1. The lowest BCUT2D eigenvalue weighted by atomic mass is 10.1. The van der Waals surface area contributed by atoms with Crippen LogP contribution in [-0.4, -0.2) is 11.4 Å². The number of hydrogen-bond acceptors (Lipinski definition) is 3. The molecule has 1 unspecified atom stereocenters. The normalized spacial score (nSPS) is 19.6. The highest BCUT2D eigenvalue weighted by Gasteiger charge is 2.46. The Balaban J connectivity index is 2.00. The van der Waals surface area contributed by atoms with Gasteiger partial charge < -0.3 is 11.1 Å². The van der Waals surface area contributed by atoms with Crippen molar-refractivity contribution in [1.29, 1.82) is 0 Å². The van der Waals surface area contributed by atoms with Gasteiger partial charge in [0.1, 0.15) is 0 Å². The van der Waals surface area contributed by atoms with Gasteiger partial charge in [0.2, 0.25) is 5.91 Å². The molecule has 1 atom stereocenters. The van der Waals surface area contributed by atoms with Crippen molar-refractivity contribution in [2.75, 3.05) is 0 Å². The van der Waals surface area contributed by atoms with Crippen LogP contribution in [0.4, 0.5) is 0 Å². The molecule has 4 heteroatoms. The van der Waals surface area contributed by atoms with E-state index in [0.29, 0.717) is 0 Å². The smallest absolute Gasteiger partial charge is 0.240 e. The van der Waals surface area contributed by atoms with E-state index < -0.39 is 5.54 Å². The van der Waals surface area contributed by atoms with Crippen molar-refractivity contribution in [3.05, 3.63) is 22.4 Å². The number of carbonyl (C=O) groups is 1. The van der Waals surface area contributed by atoms with Gasteiger partial charge in [0.15, 0.2) is 0 Å². The molecule has 0 saturated heterocycles. The summed E-state index contributed by atoms with van der Waals surface area (Å²) in [7, 11) is 0. The fourth-order valence-electron chi connectivity index (χ4n) is 1.53. The molecule has 1 aliphatic rings. The fraction of sp³-hybridized carbons (Fsp3) is 0.545. The van der Waals surface area contributed by atoms with Crippen LogP contribution in [0.15, 0.2) is 17.5 Å². The Hall–Kier alpha value is -0.870. The van der Waals surface area contributed by atoms with E-state index in [1.54, 1.807) is 11.3 Å². The second-order valence-electron chi connectivity index (χ2n) is 4.11. The van der Waals surface area contributed by atoms with Crippen molar-refractivity contribution in [2.45, 2.75) is 37.8 Å². The van der Waals surface area contributed by atoms with Crippen LogP contribution in [-0.2, 0) is 4.79 Å². The minimum Gasteiger partial charge on any atom is -0.347 e. The second kappa shape index (κ2) is 3.94. The van der Waals surface area contributed by atoms with E-state index in [0.717, 1.165) is 19.3 Å². The van der Waals surface area contributed by atoms with Gasteiger partial charge in [-0.1, -0.05) is 13.0 Å². The van der Waals surface area contributed by atoms with E-state index >= 15 is 0 Å². The first-order valence-corrected chi connectivity index (χ1v) is 6.17. The van der Waals surface area contributed by atoms with Gasteiger partial charge >= 0.3 is 0 Å². The highest BCUT2D eigenvalue weighted by molar-refractivity contribution is 7.10. The van der Waals surface area contributed by atoms with E-state index in [9.17, 15) is 4.79 Å². The maximum Gasteiger partial charge on any atom is 0.240 e. The van der Waals surface area contributed by atoms with Crippen LogP contribution in [0.2, 0.25) is 0 Å². The summed E-state index contributed by atoms with van der Waals surface area (Å²) >= 11 is 1.67. The summed E-state index contributed by atoms with van der Waals surface area (Å²) in [6.45, 7) is 2.07. The summed E-state index contributed by atoms with van der Waals surface area (Å²) in [5.41, 5.74) is 5.27. The monoisotopic (exact) mass is 224 g/mol. The molecule has 1 heterocycles. The van der Waals surface area contributed by atoms with Crippen LogP contribution >= 0.6 is 11.3 Å². The number of thiophene rings is 1. The van der Waals surface area contributed by atoms with Gasteiger partial charge in [-0.15, -0.1) is 11.3 Å². The summed E-state index contributed by atoms with van der Waals surface area (Å²) < 4.78 is 0. The molecule has 1 aromatic rings. The van der Waals surface area contributed by atoms with Crippen LogP contribution in [0.25, 0.3) is 0 Å². The molecule has 0 bridgehead atoms. The average Bonchev–Trinajstić information content (AvgIpc) is 2.80. The molecule has 82 valence electrons. The van der Waals surface area contributed by atoms with Gasteiger partial charge in [0, 0.05) is 4.88 Å². The van der Waals surface area contributed by atoms with Crippen LogP contribution in [0, 0.1) is 0 Å². The Kier molecular flexibility index (Phi) is 2.80. The summed E-state index contributed by atoms with van der Waals surface area (Å²) in [5, 5.41) is 5.05. The van der Waals surface area contributed by atoms with Gasteiger partial charge in [-0.05, 0) is 30.7 Å². The van der Waals surface area contributed by atoms with Crippen molar-refractivity contribution in [3.8, 4) is 0 Å². The summed E-state index contributed by atoms with van der Waals surface area (Å²) in [5.74, 6) is 0.00255. The average molecular weight is 224 g/mol. The van der Waals surface area contributed by atoms with E-state index in [4.69, 9.17) is 5.73 Å². The van der Waals surface area contributed by atoms with E-state index in [-0.39, 0.29) is 11.9 Å². The molecule has 1 aliphatic carbocycles. The minimum absolute atomic E-state index is 0.00255. The zero-order valence-electron chi connectivity index (χ0n) is 8.82. The van der Waals surface area contributed by atoms with Gasteiger partial charge in [0.25, 0.3) is 0 Å². The number of hydrogen-bond donors (Lipinski definition) is 2. The Morgan fingerprint density at radius 3 is 2.93 bits per heavy atom. The molecular weight excluding hydrogens is 208 g/mol. The maximum atomic E-state index is 11.8. The fourth-order valence-corrected chi connectivity index (χ4v) is 2.39. The van der Waals surface area contributed by atoms with Crippen LogP contribution in [0.5, 0.6) is 0 Å². The van der Waals surface area contributed by atoms with E-state index in [1.807, 2.05) is 11.4 Å². The third-order valence-electron chi connectivity index (χ3n) is 2.84. The van der Waals surface area contributed by atoms with E-state index in [1.165, 1.54) is 4.88 Å². The molecule has 15 heavy (non-hydrogen) atoms. The first-order valence-electron chi connectivity index (χ1n) is 5.29. The van der Waals surface area contributed by atoms with Gasteiger partial charge in [-0.3, -0.25) is 4.79 Å². The Labute approximate surface area is 93.7 Å². The van der Waals surface area contributed by atoms with Crippen molar-refractivity contribution in [3.63, 3.8) is 0 Å². The second-order valence-corrected chi connectivity index (χ2v) is 5.09. The summed E-state index contributed by atoms with van der Waals surface area (Å²) in [6, 6.07) is 4.18. The molecule has 1 saturated carbocycles. The summed E-state index contributed by atoms with van der Waals surface area (Å²) in [4.78, 5) is 13.0. The lowest BCUT2D eigenvalue weighted by Crippen LogP contribution is -2.43. The standard InChI is InChI=1S/C11H16N2OS/c1-2-8(9-4-3-7-15-9)13-10(14)11(12)5-6-11/h3-4,7-8H,2,5-6,12H2,1H3,(H,13,14). The highest BCUT2D eigenvalue weighted by atomic mass is 32.1. The molecule has 0 aromatic carbocycles. The van der Waals surface area contributed by atoms with E-state index in [2.05, 4.69) is 18.3 Å². The predicted octanol–water partition coefficient (Wildman–Crippen LogP) is 1.81. The molecule has 3 N–H and O–H groups in total. The van der Waals surface area contributed by atoms with Crippen LogP contribution in [0.1, 0.15) is 37.1 Å². The molecule has 1 amide bonds. The third-order valence-corrected chi connectivity index (χ3v) is 3.83. The molecule has 1 fully saturated rings. The maximum absolute atomic E-state index is 11.8. The topological polar surface area (TPSA) is 55.1 Å². The van der Waals surface area contributed by atoms with Crippen molar-refractivity contribution in [2.24, 2.45) is 5.73 Å². The zero-order chi connectivity index (χ0) is 10.9. The number of rotatable bonds is 4. The number of nitrogens with one attached hydrogen (secondary N) is 1. The van der Waals surface area contributed by atoms with Gasteiger partial charge in [-0.25, -0.2) is 0 Å². The molecule has 3 nitrogen and oxygen atoms in total. The Bertz CT molecular complexity index is 343. The number of carbonyl (C=O) groups excluding carboxylic acids is 1. The quantitative estimate of drug-likeness (QED) is 0.819. The van der Waals surface area contributed by atoms with Crippen LogP contribution < -0.4 is 11.1 Å².